The number of hydrogen-bond acceptors (Lipinski definition) is 2. The molecule has 0 amide bonds. The molecule has 3 nitrogen and oxygen atoms in total. The zero-order chi connectivity index (χ0) is 36.0. The highest BCUT2D eigenvalue weighted by atomic mass is 15.4. The highest BCUT2D eigenvalue weighted by Crippen LogP contribution is 2.44. The van der Waals surface area contributed by atoms with Crippen molar-refractivity contribution in [3.63, 3.8) is 0 Å². The number of pyridine rings is 2. The van der Waals surface area contributed by atoms with Gasteiger partial charge in [0.2, 0.25) is 0 Å². The molecule has 0 unspecified atom stereocenters. The lowest BCUT2D eigenvalue weighted by molar-refractivity contribution is -0.972. The Kier molecular flexibility index (Phi) is 11.6. The molecule has 0 spiro atoms. The summed E-state index contributed by atoms with van der Waals surface area (Å²) in [5.41, 5.74) is 14.4. The smallest absolute Gasteiger partial charge is 0.123 e. The topological polar surface area (TPSA) is 25.8 Å². The first-order valence-electron chi connectivity index (χ1n) is 21.8. The van der Waals surface area contributed by atoms with E-state index in [-0.39, 0.29) is 0 Å². The highest BCUT2D eigenvalue weighted by Gasteiger charge is 2.41. The SMILES string of the molecule is Cc1cc2c(C[N+]3(Cc4nc5c(C)cc4CCCCCCCCCC5)Cc4c(c5ccccc5c5ccccc45)C3)nc1CCCCCCCCCC2. The van der Waals surface area contributed by atoms with Gasteiger partial charge in [0.05, 0.1) is 11.4 Å². The van der Waals surface area contributed by atoms with E-state index in [1.807, 2.05) is 0 Å². The van der Waals surface area contributed by atoms with Gasteiger partial charge in [-0.2, -0.15) is 0 Å². The zero-order valence-electron chi connectivity index (χ0n) is 33.1. The normalized spacial score (nSPS) is 18.9. The van der Waals surface area contributed by atoms with E-state index in [0.717, 1.165) is 56.3 Å². The second kappa shape index (κ2) is 16.8. The minimum Gasteiger partial charge on any atom is -0.306 e. The van der Waals surface area contributed by atoms with Crippen molar-refractivity contribution >= 4 is 21.5 Å². The summed E-state index contributed by atoms with van der Waals surface area (Å²) in [5.74, 6) is 0. The third-order valence-corrected chi connectivity index (χ3v) is 13.3. The van der Waals surface area contributed by atoms with Crippen LogP contribution in [0.5, 0.6) is 0 Å². The van der Waals surface area contributed by atoms with Crippen molar-refractivity contribution in [1.82, 2.24) is 9.97 Å². The first kappa shape index (κ1) is 36.4. The Morgan fingerprint density at radius 3 is 1.17 bits per heavy atom. The fourth-order valence-corrected chi connectivity index (χ4v) is 10.3. The van der Waals surface area contributed by atoms with Gasteiger partial charge in [0.1, 0.15) is 26.2 Å². The molecule has 0 radical (unpaired) electrons. The minimum atomic E-state index is 0.976. The van der Waals surface area contributed by atoms with Crippen LogP contribution in [-0.2, 0) is 51.9 Å². The van der Waals surface area contributed by atoms with Crippen molar-refractivity contribution in [2.24, 2.45) is 0 Å². The summed E-state index contributed by atoms with van der Waals surface area (Å²) < 4.78 is 0.984. The molecular formula is C50H64N3+. The van der Waals surface area contributed by atoms with Gasteiger partial charge in [0, 0.05) is 22.5 Å². The van der Waals surface area contributed by atoms with Gasteiger partial charge in [0.25, 0.3) is 0 Å². The van der Waals surface area contributed by atoms with E-state index < -0.39 is 0 Å². The molecule has 278 valence electrons. The molecule has 0 N–H and O–H groups in total. The number of aryl methyl sites for hydroxylation is 6. The van der Waals surface area contributed by atoms with E-state index in [1.165, 1.54) is 169 Å². The highest BCUT2D eigenvalue weighted by molar-refractivity contribution is 6.10. The Morgan fingerprint density at radius 2 is 0.774 bits per heavy atom. The fourth-order valence-electron chi connectivity index (χ4n) is 10.3. The number of nitrogens with zero attached hydrogens (tertiary/aromatic N) is 3. The molecule has 5 aromatic rings. The van der Waals surface area contributed by atoms with Crippen LogP contribution in [0.1, 0.15) is 159 Å². The predicted octanol–water partition coefficient (Wildman–Crippen LogP) is 13.1. The van der Waals surface area contributed by atoms with Crippen molar-refractivity contribution in [1.29, 1.82) is 0 Å². The van der Waals surface area contributed by atoms with Gasteiger partial charge < -0.3 is 4.48 Å². The summed E-state index contributed by atoms with van der Waals surface area (Å²) in [6, 6.07) is 23.6. The number of quaternary nitrogens is 1. The van der Waals surface area contributed by atoms with Crippen molar-refractivity contribution in [2.75, 3.05) is 0 Å². The fraction of sp³-hybridized carbons (Fsp3) is 0.520. The monoisotopic (exact) mass is 707 g/mol. The molecule has 0 saturated heterocycles. The summed E-state index contributed by atoms with van der Waals surface area (Å²) in [5, 5.41) is 5.69. The molecule has 5 heterocycles. The van der Waals surface area contributed by atoms with Crippen LogP contribution >= 0.6 is 0 Å². The molecule has 0 saturated carbocycles. The number of fused-ring (bicyclic) bond motifs is 28. The summed E-state index contributed by atoms with van der Waals surface area (Å²) in [6.07, 6.45) is 26.0. The predicted molar refractivity (Wildman–Crippen MR) is 223 cm³/mol. The molecule has 3 aromatic carbocycles. The molecule has 5 aliphatic rings. The first-order chi connectivity index (χ1) is 26.1. The van der Waals surface area contributed by atoms with Gasteiger partial charge in [-0.25, -0.2) is 0 Å². The summed E-state index contributed by atoms with van der Waals surface area (Å²) in [6.45, 7) is 8.69. The van der Waals surface area contributed by atoms with Crippen LogP contribution in [0.25, 0.3) is 21.5 Å². The lowest BCUT2D eigenvalue weighted by Crippen LogP contribution is -2.42. The number of benzene rings is 3. The Bertz CT molecular complexity index is 1890. The van der Waals surface area contributed by atoms with Gasteiger partial charge in [-0.15, -0.1) is 0 Å². The van der Waals surface area contributed by atoms with Crippen LogP contribution in [0.3, 0.4) is 0 Å². The molecular weight excluding hydrogens is 643 g/mol. The Hall–Kier alpha value is -3.56. The molecule has 3 aliphatic heterocycles. The van der Waals surface area contributed by atoms with Crippen molar-refractivity contribution < 1.29 is 4.48 Å². The van der Waals surface area contributed by atoms with Crippen LogP contribution in [0.15, 0.2) is 60.7 Å². The van der Waals surface area contributed by atoms with E-state index >= 15 is 0 Å². The largest absolute Gasteiger partial charge is 0.306 e. The maximum Gasteiger partial charge on any atom is 0.123 e. The average Bonchev–Trinajstić information content (AvgIpc) is 3.55. The maximum atomic E-state index is 5.71. The van der Waals surface area contributed by atoms with Gasteiger partial charge in [-0.1, -0.05) is 138 Å². The molecule has 0 atom stereocenters. The lowest BCUT2D eigenvalue weighted by atomic mass is 9.93. The van der Waals surface area contributed by atoms with E-state index in [4.69, 9.17) is 9.97 Å². The molecule has 0 fully saturated rings. The Labute approximate surface area is 320 Å². The van der Waals surface area contributed by atoms with Gasteiger partial charge in [-0.3, -0.25) is 9.97 Å². The van der Waals surface area contributed by atoms with Crippen molar-refractivity contribution in [3.05, 3.63) is 117 Å². The van der Waals surface area contributed by atoms with Gasteiger partial charge in [0.15, 0.2) is 0 Å². The van der Waals surface area contributed by atoms with E-state index in [9.17, 15) is 0 Å². The van der Waals surface area contributed by atoms with Gasteiger partial charge >= 0.3 is 0 Å². The molecule has 3 heteroatoms. The van der Waals surface area contributed by atoms with Crippen LogP contribution < -0.4 is 0 Å². The molecule has 10 rings (SSSR count). The number of rotatable bonds is 4. The van der Waals surface area contributed by atoms with E-state index in [2.05, 4.69) is 74.5 Å². The minimum absolute atomic E-state index is 0.976. The third-order valence-electron chi connectivity index (χ3n) is 13.3. The molecule has 4 bridgehead atoms. The number of aromatic nitrogens is 2. The zero-order valence-corrected chi connectivity index (χ0v) is 33.1. The van der Waals surface area contributed by atoms with Crippen molar-refractivity contribution in [3.8, 4) is 0 Å². The molecule has 2 aliphatic carbocycles. The van der Waals surface area contributed by atoms with E-state index in [1.54, 1.807) is 11.1 Å². The first-order valence-corrected chi connectivity index (χ1v) is 21.8. The Balaban J connectivity index is 1.25. The molecule has 53 heavy (non-hydrogen) atoms. The third kappa shape index (κ3) is 8.26. The van der Waals surface area contributed by atoms with E-state index in [0.29, 0.717) is 0 Å². The quantitative estimate of drug-likeness (QED) is 0.137. The summed E-state index contributed by atoms with van der Waals surface area (Å²) in [4.78, 5) is 11.4. The molecule has 2 aromatic heterocycles. The second-order valence-electron chi connectivity index (χ2n) is 17.4. The summed E-state index contributed by atoms with van der Waals surface area (Å²) >= 11 is 0. The average molecular weight is 707 g/mol. The van der Waals surface area contributed by atoms with Crippen LogP contribution in [-0.4, -0.2) is 14.5 Å². The lowest BCUT2D eigenvalue weighted by Gasteiger charge is -2.35. The van der Waals surface area contributed by atoms with Crippen molar-refractivity contribution in [2.45, 2.75) is 168 Å². The van der Waals surface area contributed by atoms with Gasteiger partial charge in [-0.05, 0) is 109 Å². The Morgan fingerprint density at radius 1 is 0.434 bits per heavy atom. The van der Waals surface area contributed by atoms with Crippen LogP contribution in [0.2, 0.25) is 0 Å². The van der Waals surface area contributed by atoms with Crippen LogP contribution in [0, 0.1) is 13.8 Å². The number of hydrogen-bond donors (Lipinski definition) is 0. The standard InChI is InChI=1S/C50H64N3/c1-37-31-39-23-15-11-7-3-5-9-13-17-29-47(37)51-49(39)35-53(33-45-43-27-21-19-25-41(43)42-26-20-22-28-44(42)46(45)34-53)36-50-40-24-16-12-8-4-6-10-14-18-30-48(52-50)38(2)32-40/h19-22,25-28,31-32H,3-18,23-24,29-30,33-36H2,1-2H3/q+1. The second-order valence-corrected chi connectivity index (χ2v) is 17.4. The summed E-state index contributed by atoms with van der Waals surface area (Å²) in [7, 11) is 0. The maximum absolute atomic E-state index is 5.71. The van der Waals surface area contributed by atoms with Crippen LogP contribution in [0.4, 0.5) is 0 Å².